The van der Waals surface area contributed by atoms with Crippen molar-refractivity contribution in [3.63, 3.8) is 0 Å². The Morgan fingerprint density at radius 1 is 1.03 bits per heavy atom. The van der Waals surface area contributed by atoms with Crippen LogP contribution < -0.4 is 10.2 Å². The molecule has 1 aliphatic heterocycles. The SMILES string of the molecule is O=C(C[C@@H]1C(=O)N(Cc2ccccn2)c2nc3ccccc3n21)Nc1ccc(Cl)cc1. The fraction of sp³-hybridized carbons (Fsp3) is 0.130. The predicted molar refractivity (Wildman–Crippen MR) is 119 cm³/mol. The van der Waals surface area contributed by atoms with Crippen LogP contribution in [0.4, 0.5) is 11.6 Å². The minimum absolute atomic E-state index is 0.00642. The first-order valence-corrected chi connectivity index (χ1v) is 10.2. The van der Waals surface area contributed by atoms with Gasteiger partial charge in [0, 0.05) is 16.9 Å². The molecule has 0 saturated carbocycles. The number of para-hydroxylation sites is 2. The summed E-state index contributed by atoms with van der Waals surface area (Å²) in [7, 11) is 0. The summed E-state index contributed by atoms with van der Waals surface area (Å²) in [5.41, 5.74) is 2.97. The molecule has 0 spiro atoms. The smallest absolute Gasteiger partial charge is 0.253 e. The van der Waals surface area contributed by atoms with Gasteiger partial charge in [-0.1, -0.05) is 29.8 Å². The van der Waals surface area contributed by atoms with Crippen molar-refractivity contribution in [2.24, 2.45) is 0 Å². The van der Waals surface area contributed by atoms with Gasteiger partial charge >= 0.3 is 0 Å². The van der Waals surface area contributed by atoms with E-state index in [1.54, 1.807) is 35.4 Å². The fourth-order valence-electron chi connectivity index (χ4n) is 3.82. The molecule has 1 N–H and O–H groups in total. The molecular formula is C23H18ClN5O2. The lowest BCUT2D eigenvalue weighted by atomic mass is 10.1. The predicted octanol–water partition coefficient (Wildman–Crippen LogP) is 4.20. The summed E-state index contributed by atoms with van der Waals surface area (Å²) in [5.74, 6) is 0.0930. The number of nitrogens with one attached hydrogen (secondary N) is 1. The maximum atomic E-state index is 13.3. The number of hydrogen-bond acceptors (Lipinski definition) is 4. The Balaban J connectivity index is 1.46. The minimum atomic E-state index is -0.682. The maximum absolute atomic E-state index is 13.3. The zero-order valence-electron chi connectivity index (χ0n) is 16.4. The van der Waals surface area contributed by atoms with Crippen molar-refractivity contribution in [2.45, 2.75) is 19.0 Å². The first-order valence-electron chi connectivity index (χ1n) is 9.84. The topological polar surface area (TPSA) is 80.1 Å². The van der Waals surface area contributed by atoms with Crippen molar-refractivity contribution in [3.05, 3.63) is 83.6 Å². The van der Waals surface area contributed by atoms with Gasteiger partial charge in [-0.25, -0.2) is 4.98 Å². The summed E-state index contributed by atoms with van der Waals surface area (Å²) in [6, 6.07) is 19.3. The highest BCUT2D eigenvalue weighted by Gasteiger charge is 2.41. The number of nitrogens with zero attached hydrogens (tertiary/aromatic N) is 4. The van der Waals surface area contributed by atoms with Gasteiger partial charge in [-0.05, 0) is 48.5 Å². The number of pyridine rings is 1. The second kappa shape index (κ2) is 7.85. The van der Waals surface area contributed by atoms with Gasteiger partial charge in [-0.15, -0.1) is 0 Å². The molecule has 4 aromatic rings. The Morgan fingerprint density at radius 2 is 1.81 bits per heavy atom. The van der Waals surface area contributed by atoms with Gasteiger partial charge < -0.3 is 5.32 Å². The molecule has 0 bridgehead atoms. The lowest BCUT2D eigenvalue weighted by Gasteiger charge is -2.15. The number of amides is 2. The molecule has 0 radical (unpaired) electrons. The van der Waals surface area contributed by atoms with Crippen molar-refractivity contribution in [2.75, 3.05) is 10.2 Å². The quantitative estimate of drug-likeness (QED) is 0.513. The van der Waals surface area contributed by atoms with Crippen molar-refractivity contribution >= 4 is 46.1 Å². The van der Waals surface area contributed by atoms with E-state index < -0.39 is 6.04 Å². The van der Waals surface area contributed by atoms with Crippen LogP contribution in [0.15, 0.2) is 72.9 Å². The van der Waals surface area contributed by atoms with Crippen LogP contribution in [-0.2, 0) is 16.1 Å². The summed E-state index contributed by atoms with van der Waals surface area (Å²) in [6.07, 6.45) is 1.68. The van der Waals surface area contributed by atoms with E-state index in [4.69, 9.17) is 11.6 Å². The molecular weight excluding hydrogens is 414 g/mol. The van der Waals surface area contributed by atoms with E-state index >= 15 is 0 Å². The number of anilines is 2. The Hall–Kier alpha value is -3.71. The monoisotopic (exact) mass is 431 g/mol. The molecule has 0 saturated heterocycles. The first-order chi connectivity index (χ1) is 15.1. The molecule has 2 aromatic heterocycles. The number of rotatable bonds is 5. The second-order valence-electron chi connectivity index (χ2n) is 7.29. The first kappa shape index (κ1) is 19.3. The number of imidazole rings is 1. The van der Waals surface area contributed by atoms with Crippen molar-refractivity contribution in [1.29, 1.82) is 0 Å². The average Bonchev–Trinajstić information content (AvgIpc) is 3.27. The van der Waals surface area contributed by atoms with Crippen molar-refractivity contribution in [1.82, 2.24) is 14.5 Å². The molecule has 154 valence electrons. The molecule has 7 nitrogen and oxygen atoms in total. The molecule has 2 aromatic carbocycles. The summed E-state index contributed by atoms with van der Waals surface area (Å²) < 4.78 is 1.85. The minimum Gasteiger partial charge on any atom is -0.326 e. The third-order valence-corrected chi connectivity index (χ3v) is 5.49. The lowest BCUT2D eigenvalue weighted by Crippen LogP contribution is -2.31. The van der Waals surface area contributed by atoms with Gasteiger partial charge in [-0.2, -0.15) is 0 Å². The molecule has 8 heteroatoms. The van der Waals surface area contributed by atoms with Crippen LogP contribution in [0.3, 0.4) is 0 Å². The number of carbonyl (C=O) groups excluding carboxylic acids is 2. The van der Waals surface area contributed by atoms with Crippen LogP contribution in [0.25, 0.3) is 11.0 Å². The van der Waals surface area contributed by atoms with Crippen LogP contribution in [0, 0.1) is 0 Å². The van der Waals surface area contributed by atoms with Gasteiger partial charge in [0.15, 0.2) is 0 Å². The number of carbonyl (C=O) groups is 2. The Kier molecular flexibility index (Phi) is 4.88. The van der Waals surface area contributed by atoms with Gasteiger partial charge in [-0.3, -0.25) is 24.0 Å². The van der Waals surface area contributed by atoms with Crippen LogP contribution >= 0.6 is 11.6 Å². The maximum Gasteiger partial charge on any atom is 0.253 e. The Labute approximate surface area is 183 Å². The van der Waals surface area contributed by atoms with Crippen molar-refractivity contribution in [3.8, 4) is 0 Å². The molecule has 1 aliphatic rings. The van der Waals surface area contributed by atoms with Gasteiger partial charge in [0.05, 0.1) is 29.7 Å². The summed E-state index contributed by atoms with van der Waals surface area (Å²) in [5, 5.41) is 3.42. The van der Waals surface area contributed by atoms with Crippen LogP contribution in [0.5, 0.6) is 0 Å². The number of halogens is 1. The molecule has 2 amide bonds. The zero-order valence-corrected chi connectivity index (χ0v) is 17.2. The molecule has 1 atom stereocenters. The van der Waals surface area contributed by atoms with Crippen LogP contribution in [0.1, 0.15) is 18.2 Å². The summed E-state index contributed by atoms with van der Waals surface area (Å²) in [6.45, 7) is 0.290. The van der Waals surface area contributed by atoms with E-state index in [9.17, 15) is 9.59 Å². The highest BCUT2D eigenvalue weighted by molar-refractivity contribution is 6.30. The standard InChI is InChI=1S/C23H18ClN5O2/c24-15-8-10-16(11-9-15)26-21(30)13-20-22(31)28(14-17-5-3-4-12-25-17)23-27-18-6-1-2-7-19(18)29(20)23/h1-12,20H,13-14H2,(H,26,30)/t20-/m1/s1. The van der Waals surface area contributed by atoms with Crippen LogP contribution in [-0.4, -0.2) is 26.3 Å². The number of aromatic nitrogens is 3. The third-order valence-electron chi connectivity index (χ3n) is 5.23. The van der Waals surface area contributed by atoms with Gasteiger partial charge in [0.1, 0.15) is 6.04 Å². The Bertz CT molecular complexity index is 1270. The van der Waals surface area contributed by atoms with E-state index in [1.165, 1.54) is 0 Å². The van der Waals surface area contributed by atoms with E-state index in [0.717, 1.165) is 16.7 Å². The number of benzene rings is 2. The molecule has 3 heterocycles. The average molecular weight is 432 g/mol. The molecule has 31 heavy (non-hydrogen) atoms. The zero-order chi connectivity index (χ0) is 21.4. The normalized spacial score (nSPS) is 15.3. The van der Waals surface area contributed by atoms with Gasteiger partial charge in [0.2, 0.25) is 11.9 Å². The molecule has 5 rings (SSSR count). The highest BCUT2D eigenvalue weighted by atomic mass is 35.5. The molecule has 0 aliphatic carbocycles. The second-order valence-corrected chi connectivity index (χ2v) is 7.73. The Morgan fingerprint density at radius 3 is 2.58 bits per heavy atom. The number of hydrogen-bond donors (Lipinski definition) is 1. The fourth-order valence-corrected chi connectivity index (χ4v) is 3.95. The summed E-state index contributed by atoms with van der Waals surface area (Å²) >= 11 is 5.91. The van der Waals surface area contributed by atoms with E-state index in [2.05, 4.69) is 15.3 Å². The van der Waals surface area contributed by atoms with E-state index in [-0.39, 0.29) is 24.8 Å². The largest absolute Gasteiger partial charge is 0.326 e. The van der Waals surface area contributed by atoms with E-state index in [1.807, 2.05) is 47.0 Å². The third kappa shape index (κ3) is 3.64. The van der Waals surface area contributed by atoms with E-state index in [0.29, 0.717) is 16.7 Å². The number of fused-ring (bicyclic) bond motifs is 3. The molecule has 0 fully saturated rings. The van der Waals surface area contributed by atoms with Gasteiger partial charge in [0.25, 0.3) is 5.91 Å². The summed E-state index contributed by atoms with van der Waals surface area (Å²) in [4.78, 5) is 36.7. The molecule has 0 unspecified atom stereocenters. The lowest BCUT2D eigenvalue weighted by molar-refractivity contribution is -0.124. The van der Waals surface area contributed by atoms with Crippen molar-refractivity contribution < 1.29 is 9.59 Å². The van der Waals surface area contributed by atoms with Crippen LogP contribution in [0.2, 0.25) is 5.02 Å². The highest BCUT2D eigenvalue weighted by Crippen LogP contribution is 2.37.